The number of carbonyl (C=O) groups is 2. The number of piperazine rings is 1. The molecule has 0 aromatic rings. The van der Waals surface area contributed by atoms with Crippen molar-refractivity contribution in [2.75, 3.05) is 60.4 Å². The highest BCUT2D eigenvalue weighted by Crippen LogP contribution is 1.95. The Balaban J connectivity index is 2.16. The molecule has 1 aliphatic heterocycles. The first-order chi connectivity index (χ1) is 8.99. The van der Waals surface area contributed by atoms with Gasteiger partial charge >= 0.3 is 11.8 Å². The number of hydrogen-bond donors (Lipinski definition) is 2. The molecule has 19 heavy (non-hydrogen) atoms. The highest BCUT2D eigenvalue weighted by atomic mass is 16.2. The Morgan fingerprint density at radius 1 is 1.11 bits per heavy atom. The zero-order chi connectivity index (χ0) is 14.3. The van der Waals surface area contributed by atoms with Crippen molar-refractivity contribution in [3.05, 3.63) is 0 Å². The molecule has 1 heterocycles. The minimum atomic E-state index is -0.575. The minimum Gasteiger partial charge on any atom is -0.348 e. The van der Waals surface area contributed by atoms with Gasteiger partial charge in [-0.25, -0.2) is 5.01 Å². The summed E-state index contributed by atoms with van der Waals surface area (Å²) in [5, 5.41) is 4.41. The maximum atomic E-state index is 11.6. The summed E-state index contributed by atoms with van der Waals surface area (Å²) in [5.41, 5.74) is 2.63. The first-order valence-electron chi connectivity index (χ1n) is 6.66. The molecule has 1 aliphatic rings. The fourth-order valence-corrected chi connectivity index (χ4v) is 1.79. The second-order valence-electron chi connectivity index (χ2n) is 5.14. The molecule has 0 spiro atoms. The van der Waals surface area contributed by atoms with E-state index in [2.05, 4.69) is 15.6 Å². The molecule has 0 bridgehead atoms. The third kappa shape index (κ3) is 6.51. The van der Waals surface area contributed by atoms with E-state index in [0.717, 1.165) is 39.1 Å². The number of amides is 2. The average molecular weight is 271 g/mol. The molecule has 1 saturated heterocycles. The molecular formula is C12H25N5O2. The predicted molar refractivity (Wildman–Crippen MR) is 73.4 cm³/mol. The van der Waals surface area contributed by atoms with Gasteiger partial charge < -0.3 is 15.1 Å². The summed E-state index contributed by atoms with van der Waals surface area (Å²) < 4.78 is 0. The van der Waals surface area contributed by atoms with Crippen molar-refractivity contribution < 1.29 is 9.59 Å². The lowest BCUT2D eigenvalue weighted by molar-refractivity contribution is -0.142. The molecule has 7 nitrogen and oxygen atoms in total. The molecule has 1 fully saturated rings. The molecule has 2 N–H and O–H groups in total. The van der Waals surface area contributed by atoms with E-state index >= 15 is 0 Å². The van der Waals surface area contributed by atoms with Gasteiger partial charge in [0.05, 0.1) is 0 Å². The van der Waals surface area contributed by atoms with Crippen LogP contribution in [0.1, 0.15) is 6.42 Å². The third-order valence-corrected chi connectivity index (χ3v) is 3.04. The monoisotopic (exact) mass is 271 g/mol. The number of likely N-dealkylation sites (N-methyl/N-ethyl adjacent to an activating group) is 1. The Bertz CT molecular complexity index is 300. The number of hydrazine groups is 1. The van der Waals surface area contributed by atoms with E-state index in [4.69, 9.17) is 0 Å². The summed E-state index contributed by atoms with van der Waals surface area (Å²) in [4.78, 5) is 27.4. The first kappa shape index (κ1) is 15.9. The van der Waals surface area contributed by atoms with Gasteiger partial charge in [-0.05, 0) is 34.1 Å². The molecular weight excluding hydrogens is 246 g/mol. The fourth-order valence-electron chi connectivity index (χ4n) is 1.79. The van der Waals surface area contributed by atoms with Crippen LogP contribution in [0.2, 0.25) is 0 Å². The lowest BCUT2D eigenvalue weighted by Gasteiger charge is -2.32. The maximum absolute atomic E-state index is 11.6. The summed E-state index contributed by atoms with van der Waals surface area (Å²) in [7, 11) is 5.99. The lowest BCUT2D eigenvalue weighted by Crippen LogP contribution is -2.55. The van der Waals surface area contributed by atoms with Crippen LogP contribution in [0.4, 0.5) is 0 Å². The normalized spacial score (nSPS) is 17.5. The topological polar surface area (TPSA) is 67.9 Å². The molecule has 0 aromatic carbocycles. The summed E-state index contributed by atoms with van der Waals surface area (Å²) in [6.45, 7) is 4.69. The number of rotatable bonds is 5. The van der Waals surface area contributed by atoms with Crippen LogP contribution in [-0.4, -0.2) is 87.0 Å². The fraction of sp³-hybridized carbons (Fsp3) is 0.833. The van der Waals surface area contributed by atoms with E-state index in [9.17, 15) is 9.59 Å². The van der Waals surface area contributed by atoms with E-state index in [1.165, 1.54) is 0 Å². The van der Waals surface area contributed by atoms with E-state index in [1.54, 1.807) is 5.01 Å². The Hall–Kier alpha value is -1.18. The van der Waals surface area contributed by atoms with E-state index in [1.807, 2.05) is 26.0 Å². The number of carbonyl (C=O) groups excluding carboxylic acids is 2. The third-order valence-electron chi connectivity index (χ3n) is 3.04. The van der Waals surface area contributed by atoms with Crippen LogP contribution in [0.15, 0.2) is 0 Å². The van der Waals surface area contributed by atoms with Gasteiger partial charge in [-0.3, -0.25) is 15.0 Å². The van der Waals surface area contributed by atoms with Gasteiger partial charge in [0.15, 0.2) is 0 Å². The molecule has 0 radical (unpaired) electrons. The SMILES string of the molecule is CN(C)CCCNC(=O)C(=O)NN1CCN(C)CC1. The van der Waals surface area contributed by atoms with Crippen molar-refractivity contribution in [1.29, 1.82) is 0 Å². The molecule has 0 saturated carbocycles. The minimum absolute atomic E-state index is 0.521. The summed E-state index contributed by atoms with van der Waals surface area (Å²) in [5.74, 6) is -1.13. The quantitative estimate of drug-likeness (QED) is 0.462. The van der Waals surface area contributed by atoms with Gasteiger partial charge in [0.1, 0.15) is 0 Å². The molecule has 2 amide bonds. The van der Waals surface area contributed by atoms with Crippen molar-refractivity contribution in [2.45, 2.75) is 6.42 Å². The highest BCUT2D eigenvalue weighted by Gasteiger charge is 2.19. The molecule has 110 valence electrons. The highest BCUT2D eigenvalue weighted by molar-refractivity contribution is 6.34. The second-order valence-corrected chi connectivity index (χ2v) is 5.14. The number of nitrogens with zero attached hydrogens (tertiary/aromatic N) is 3. The van der Waals surface area contributed by atoms with Gasteiger partial charge in [0, 0.05) is 32.7 Å². The van der Waals surface area contributed by atoms with Gasteiger partial charge in [-0.1, -0.05) is 0 Å². The van der Waals surface area contributed by atoms with Crippen LogP contribution in [0.25, 0.3) is 0 Å². The van der Waals surface area contributed by atoms with Crippen LogP contribution < -0.4 is 10.7 Å². The maximum Gasteiger partial charge on any atom is 0.323 e. The predicted octanol–water partition coefficient (Wildman–Crippen LogP) is -1.67. The molecule has 0 unspecified atom stereocenters. The van der Waals surface area contributed by atoms with Crippen molar-refractivity contribution in [3.63, 3.8) is 0 Å². The summed E-state index contributed by atoms with van der Waals surface area (Å²) in [6, 6.07) is 0. The first-order valence-corrected chi connectivity index (χ1v) is 6.66. The van der Waals surface area contributed by atoms with Crippen molar-refractivity contribution in [1.82, 2.24) is 25.6 Å². The molecule has 0 aromatic heterocycles. The standard InChI is InChI=1S/C12H25N5O2/c1-15(2)6-4-5-13-11(18)12(19)14-17-9-7-16(3)8-10-17/h4-10H2,1-3H3,(H,13,18)(H,14,19). The Morgan fingerprint density at radius 2 is 1.74 bits per heavy atom. The van der Waals surface area contributed by atoms with Crippen molar-refractivity contribution in [3.8, 4) is 0 Å². The van der Waals surface area contributed by atoms with Crippen LogP contribution >= 0.6 is 0 Å². The van der Waals surface area contributed by atoms with Crippen LogP contribution in [0, 0.1) is 0 Å². The second kappa shape index (κ2) is 8.08. The molecule has 1 rings (SSSR count). The van der Waals surface area contributed by atoms with E-state index in [-0.39, 0.29) is 0 Å². The zero-order valence-electron chi connectivity index (χ0n) is 12.1. The van der Waals surface area contributed by atoms with Gasteiger partial charge in [-0.2, -0.15) is 0 Å². The largest absolute Gasteiger partial charge is 0.348 e. The Morgan fingerprint density at radius 3 is 2.32 bits per heavy atom. The van der Waals surface area contributed by atoms with Gasteiger partial charge in [0.25, 0.3) is 0 Å². The van der Waals surface area contributed by atoms with Crippen LogP contribution in [0.5, 0.6) is 0 Å². The zero-order valence-corrected chi connectivity index (χ0v) is 12.1. The van der Waals surface area contributed by atoms with Crippen LogP contribution in [-0.2, 0) is 9.59 Å². The lowest BCUT2D eigenvalue weighted by atomic mass is 10.4. The smallest absolute Gasteiger partial charge is 0.323 e. The molecule has 0 atom stereocenters. The molecule has 7 heteroatoms. The van der Waals surface area contributed by atoms with E-state index < -0.39 is 11.8 Å². The molecule has 0 aliphatic carbocycles. The summed E-state index contributed by atoms with van der Waals surface area (Å²) >= 11 is 0. The van der Waals surface area contributed by atoms with Gasteiger partial charge in [-0.15, -0.1) is 0 Å². The summed E-state index contributed by atoms with van der Waals surface area (Å²) in [6.07, 6.45) is 0.834. The van der Waals surface area contributed by atoms with Crippen molar-refractivity contribution in [2.24, 2.45) is 0 Å². The average Bonchev–Trinajstić information content (AvgIpc) is 2.36. The van der Waals surface area contributed by atoms with Crippen LogP contribution in [0.3, 0.4) is 0 Å². The van der Waals surface area contributed by atoms with Crippen molar-refractivity contribution >= 4 is 11.8 Å². The Labute approximate surface area is 114 Å². The van der Waals surface area contributed by atoms with E-state index in [0.29, 0.717) is 6.54 Å². The number of hydrogen-bond acceptors (Lipinski definition) is 5. The number of nitrogens with one attached hydrogen (secondary N) is 2. The Kier molecular flexibility index (Phi) is 6.75. The van der Waals surface area contributed by atoms with Gasteiger partial charge in [0.2, 0.25) is 0 Å².